The molecular weight excluding hydrogens is 448 g/mol. The molecule has 10 heteroatoms. The maximum atomic E-state index is 11.8. The summed E-state index contributed by atoms with van der Waals surface area (Å²) in [4.78, 5) is 34.4. The molecule has 6 aromatic heterocycles. The molecule has 6 rings (SSSR count). The molecule has 0 aliphatic carbocycles. The van der Waals surface area contributed by atoms with Gasteiger partial charge in [0.05, 0.1) is 27.7 Å². The molecule has 0 saturated heterocycles. The van der Waals surface area contributed by atoms with Crippen molar-refractivity contribution >= 4 is 45.0 Å². The van der Waals surface area contributed by atoms with Crippen molar-refractivity contribution in [1.29, 1.82) is 0 Å². The van der Waals surface area contributed by atoms with E-state index >= 15 is 0 Å². The quantitative estimate of drug-likeness (QED) is 0.327. The Bertz CT molecular complexity index is 1650. The number of pyridine rings is 3. The lowest BCUT2D eigenvalue weighted by Crippen LogP contribution is -2.09. The topological polar surface area (TPSA) is 125 Å². The van der Waals surface area contributed by atoms with E-state index in [0.717, 1.165) is 43.8 Å². The average Bonchev–Trinajstić information content (AvgIpc) is 3.62. The Kier molecular flexibility index (Phi) is 4.84. The fourth-order valence-electron chi connectivity index (χ4n) is 3.80. The van der Waals surface area contributed by atoms with Gasteiger partial charge in [-0.1, -0.05) is 13.0 Å². The highest BCUT2D eigenvalue weighted by Crippen LogP contribution is 2.33. The number of aromatic amines is 2. The van der Waals surface area contributed by atoms with Crippen LogP contribution in [0.2, 0.25) is 0 Å². The van der Waals surface area contributed by atoms with Crippen molar-refractivity contribution < 1.29 is 4.79 Å². The van der Waals surface area contributed by atoms with Gasteiger partial charge in [-0.15, -0.1) is 11.3 Å². The lowest BCUT2D eigenvalue weighted by atomic mass is 10.1. The fourth-order valence-corrected chi connectivity index (χ4v) is 4.52. The van der Waals surface area contributed by atoms with Gasteiger partial charge in [0.1, 0.15) is 16.9 Å². The van der Waals surface area contributed by atoms with Crippen molar-refractivity contribution in [2.75, 3.05) is 5.32 Å². The standard InChI is InChI=1S/C24H18N8OS/c1-2-19(33)28-15-8-13(10-25-12-15)14-9-16-20(31-32-23(16)27-11-14)24-29-17-5-6-26-22(21(17)30-24)18-4-3-7-34-18/h3-12H,2H2,1H3,(H,28,33)(H,29,30)(H,27,31,32). The van der Waals surface area contributed by atoms with Crippen LogP contribution in [0.15, 0.2) is 60.5 Å². The van der Waals surface area contributed by atoms with Crippen molar-refractivity contribution in [2.45, 2.75) is 13.3 Å². The largest absolute Gasteiger partial charge is 0.337 e. The predicted octanol–water partition coefficient (Wildman–Crippen LogP) is 5.04. The number of H-pyrrole nitrogens is 2. The van der Waals surface area contributed by atoms with Crippen LogP contribution < -0.4 is 5.32 Å². The summed E-state index contributed by atoms with van der Waals surface area (Å²) in [5, 5.41) is 13.1. The molecule has 9 nitrogen and oxygen atoms in total. The van der Waals surface area contributed by atoms with E-state index in [0.29, 0.717) is 23.6 Å². The number of fused-ring (bicyclic) bond motifs is 2. The fraction of sp³-hybridized carbons (Fsp3) is 0.0833. The third-order valence-electron chi connectivity index (χ3n) is 5.48. The Morgan fingerprint density at radius 1 is 1.12 bits per heavy atom. The summed E-state index contributed by atoms with van der Waals surface area (Å²) in [6.45, 7) is 1.81. The first kappa shape index (κ1) is 20.2. The van der Waals surface area contributed by atoms with Crippen LogP contribution in [0.5, 0.6) is 0 Å². The highest BCUT2D eigenvalue weighted by molar-refractivity contribution is 7.13. The molecule has 34 heavy (non-hydrogen) atoms. The molecular formula is C24H18N8OS. The molecule has 6 heterocycles. The maximum Gasteiger partial charge on any atom is 0.224 e. The van der Waals surface area contributed by atoms with Crippen LogP contribution in [-0.2, 0) is 4.79 Å². The Morgan fingerprint density at radius 2 is 2.03 bits per heavy atom. The van der Waals surface area contributed by atoms with Gasteiger partial charge in [0, 0.05) is 36.1 Å². The van der Waals surface area contributed by atoms with Crippen LogP contribution in [-0.4, -0.2) is 41.0 Å². The van der Waals surface area contributed by atoms with E-state index in [-0.39, 0.29) is 5.91 Å². The summed E-state index contributed by atoms with van der Waals surface area (Å²) in [5.41, 5.74) is 6.19. The number of thiophene rings is 1. The monoisotopic (exact) mass is 466 g/mol. The van der Waals surface area contributed by atoms with Crippen LogP contribution in [0, 0.1) is 0 Å². The van der Waals surface area contributed by atoms with E-state index in [1.54, 1.807) is 36.1 Å². The molecule has 0 aliphatic heterocycles. The van der Waals surface area contributed by atoms with Crippen LogP contribution in [0.1, 0.15) is 13.3 Å². The normalized spacial score (nSPS) is 11.3. The van der Waals surface area contributed by atoms with Crippen molar-refractivity contribution in [3.8, 4) is 33.2 Å². The molecule has 6 aromatic rings. The summed E-state index contributed by atoms with van der Waals surface area (Å²) in [7, 11) is 0. The first-order valence-corrected chi connectivity index (χ1v) is 11.6. The van der Waals surface area contributed by atoms with Gasteiger partial charge in [0.15, 0.2) is 11.5 Å². The molecule has 0 fully saturated rings. The number of hydrogen-bond acceptors (Lipinski definition) is 7. The molecule has 0 aliphatic rings. The van der Waals surface area contributed by atoms with Crippen molar-refractivity contribution in [2.24, 2.45) is 0 Å². The van der Waals surface area contributed by atoms with Gasteiger partial charge in [-0.25, -0.2) is 9.97 Å². The molecule has 166 valence electrons. The van der Waals surface area contributed by atoms with Crippen molar-refractivity contribution in [1.82, 2.24) is 35.1 Å². The van der Waals surface area contributed by atoms with Crippen molar-refractivity contribution in [3.63, 3.8) is 0 Å². The summed E-state index contributed by atoms with van der Waals surface area (Å²) in [6.07, 6.45) is 7.29. The van der Waals surface area contributed by atoms with E-state index in [9.17, 15) is 4.79 Å². The molecule has 0 bridgehead atoms. The molecule has 1 amide bonds. The third kappa shape index (κ3) is 3.50. The van der Waals surface area contributed by atoms with Gasteiger partial charge in [0.2, 0.25) is 5.91 Å². The van der Waals surface area contributed by atoms with E-state index in [4.69, 9.17) is 4.98 Å². The second kappa shape index (κ2) is 8.16. The smallest absolute Gasteiger partial charge is 0.224 e. The number of anilines is 1. The predicted molar refractivity (Wildman–Crippen MR) is 132 cm³/mol. The zero-order valence-electron chi connectivity index (χ0n) is 18.0. The molecule has 0 unspecified atom stereocenters. The SMILES string of the molecule is CCC(=O)Nc1cncc(-c2cnc3n[nH]c(-c4nc5c(-c6cccs6)nccc5[nH]4)c3c2)c1. The van der Waals surface area contributed by atoms with E-state index in [1.165, 1.54) is 0 Å². The number of nitrogens with zero attached hydrogens (tertiary/aromatic N) is 5. The minimum absolute atomic E-state index is 0.0639. The molecule has 3 N–H and O–H groups in total. The number of rotatable bonds is 5. The summed E-state index contributed by atoms with van der Waals surface area (Å²) in [6, 6.07) is 9.82. The van der Waals surface area contributed by atoms with Gasteiger partial charge in [0.25, 0.3) is 0 Å². The Morgan fingerprint density at radius 3 is 2.88 bits per heavy atom. The lowest BCUT2D eigenvalue weighted by Gasteiger charge is -2.06. The molecule has 0 radical (unpaired) electrons. The van der Waals surface area contributed by atoms with E-state index in [2.05, 4.69) is 35.5 Å². The van der Waals surface area contributed by atoms with Crippen LogP contribution >= 0.6 is 11.3 Å². The first-order chi connectivity index (χ1) is 16.7. The number of hydrogen-bond donors (Lipinski definition) is 3. The number of nitrogens with one attached hydrogen (secondary N) is 3. The van der Waals surface area contributed by atoms with E-state index < -0.39 is 0 Å². The van der Waals surface area contributed by atoms with Gasteiger partial charge < -0.3 is 10.3 Å². The number of carbonyl (C=O) groups excluding carboxylic acids is 1. The van der Waals surface area contributed by atoms with Gasteiger partial charge in [-0.3, -0.25) is 19.9 Å². The molecule has 0 spiro atoms. The average molecular weight is 467 g/mol. The van der Waals surface area contributed by atoms with Gasteiger partial charge >= 0.3 is 0 Å². The van der Waals surface area contributed by atoms with E-state index in [1.807, 2.05) is 42.6 Å². The minimum atomic E-state index is -0.0639. The number of aromatic nitrogens is 7. The second-order valence-electron chi connectivity index (χ2n) is 7.68. The van der Waals surface area contributed by atoms with Crippen molar-refractivity contribution in [3.05, 3.63) is 60.5 Å². The van der Waals surface area contributed by atoms with Gasteiger partial charge in [-0.2, -0.15) is 5.10 Å². The Balaban J connectivity index is 1.43. The minimum Gasteiger partial charge on any atom is -0.337 e. The lowest BCUT2D eigenvalue weighted by molar-refractivity contribution is -0.115. The van der Waals surface area contributed by atoms with Gasteiger partial charge in [-0.05, 0) is 29.6 Å². The Labute approximate surface area is 197 Å². The summed E-state index contributed by atoms with van der Waals surface area (Å²) >= 11 is 1.63. The highest BCUT2D eigenvalue weighted by atomic mass is 32.1. The summed E-state index contributed by atoms with van der Waals surface area (Å²) in [5.74, 6) is 0.593. The number of carbonyl (C=O) groups is 1. The van der Waals surface area contributed by atoms with Crippen LogP contribution in [0.25, 0.3) is 55.3 Å². The molecule has 0 atom stereocenters. The zero-order chi connectivity index (χ0) is 23.1. The summed E-state index contributed by atoms with van der Waals surface area (Å²) < 4.78 is 0. The Hall–Kier alpha value is -4.44. The van der Waals surface area contributed by atoms with Crippen LogP contribution in [0.4, 0.5) is 5.69 Å². The zero-order valence-corrected chi connectivity index (χ0v) is 18.8. The van der Waals surface area contributed by atoms with Crippen LogP contribution in [0.3, 0.4) is 0 Å². The second-order valence-corrected chi connectivity index (χ2v) is 8.62. The first-order valence-electron chi connectivity index (χ1n) is 10.7. The maximum absolute atomic E-state index is 11.8. The highest BCUT2D eigenvalue weighted by Gasteiger charge is 2.17. The molecule has 0 saturated carbocycles. The number of amides is 1. The molecule has 0 aromatic carbocycles. The number of imidazole rings is 1. The third-order valence-corrected chi connectivity index (χ3v) is 6.35.